The molecule has 7 heteroatoms. The standard InChI is InChI=1S/C12H8N4O3/c13-7-10-14-5-4-11(16-10)19-9-3-1-2-8(6-9)15-12(17)18/h1-6,15H,(H,17,18). The highest BCUT2D eigenvalue weighted by Crippen LogP contribution is 2.22. The number of nitriles is 1. The SMILES string of the molecule is N#Cc1nccc(Oc2cccc(NC(=O)O)c2)n1. The molecule has 0 bridgehead atoms. The first-order chi connectivity index (χ1) is 9.17. The lowest BCUT2D eigenvalue weighted by atomic mass is 10.3. The number of nitrogens with zero attached hydrogens (tertiary/aromatic N) is 3. The first kappa shape index (κ1) is 12.3. The molecular weight excluding hydrogens is 248 g/mol. The Bertz CT molecular complexity index is 651. The molecule has 94 valence electrons. The molecule has 0 aliphatic heterocycles. The number of benzene rings is 1. The van der Waals surface area contributed by atoms with Gasteiger partial charge in [0.05, 0.1) is 0 Å². The number of carbonyl (C=O) groups is 1. The molecule has 0 radical (unpaired) electrons. The van der Waals surface area contributed by atoms with E-state index in [2.05, 4.69) is 15.3 Å². The molecule has 1 heterocycles. The van der Waals surface area contributed by atoms with Crippen molar-refractivity contribution in [3.63, 3.8) is 0 Å². The number of rotatable bonds is 3. The number of amides is 1. The first-order valence-electron chi connectivity index (χ1n) is 5.18. The number of aromatic nitrogens is 2. The molecule has 1 aromatic carbocycles. The third kappa shape index (κ3) is 3.41. The average Bonchev–Trinajstić information content (AvgIpc) is 2.38. The zero-order valence-electron chi connectivity index (χ0n) is 9.57. The Labute approximate surface area is 108 Å². The second-order valence-corrected chi connectivity index (χ2v) is 3.39. The Kier molecular flexibility index (Phi) is 3.54. The summed E-state index contributed by atoms with van der Waals surface area (Å²) in [6.45, 7) is 0. The largest absolute Gasteiger partial charge is 0.465 e. The molecule has 0 aliphatic carbocycles. The van der Waals surface area contributed by atoms with Crippen LogP contribution in [0.15, 0.2) is 36.5 Å². The van der Waals surface area contributed by atoms with E-state index in [9.17, 15) is 4.79 Å². The lowest BCUT2D eigenvalue weighted by Crippen LogP contribution is -2.06. The van der Waals surface area contributed by atoms with E-state index in [1.54, 1.807) is 24.3 Å². The minimum Gasteiger partial charge on any atom is -0.465 e. The van der Waals surface area contributed by atoms with Gasteiger partial charge in [-0.3, -0.25) is 5.32 Å². The van der Waals surface area contributed by atoms with Gasteiger partial charge in [-0.15, -0.1) is 0 Å². The molecule has 2 rings (SSSR count). The summed E-state index contributed by atoms with van der Waals surface area (Å²) in [7, 11) is 0. The summed E-state index contributed by atoms with van der Waals surface area (Å²) in [6, 6.07) is 9.66. The summed E-state index contributed by atoms with van der Waals surface area (Å²) in [5.41, 5.74) is 0.375. The van der Waals surface area contributed by atoms with Crippen molar-refractivity contribution in [1.82, 2.24) is 9.97 Å². The van der Waals surface area contributed by atoms with Gasteiger partial charge < -0.3 is 9.84 Å². The van der Waals surface area contributed by atoms with Crippen LogP contribution < -0.4 is 10.1 Å². The predicted molar refractivity (Wildman–Crippen MR) is 64.9 cm³/mol. The quantitative estimate of drug-likeness (QED) is 0.871. The molecule has 19 heavy (non-hydrogen) atoms. The predicted octanol–water partition coefficient (Wildman–Crippen LogP) is 2.23. The van der Waals surface area contributed by atoms with Gasteiger partial charge in [-0.1, -0.05) is 6.07 Å². The minimum atomic E-state index is -1.16. The van der Waals surface area contributed by atoms with Crippen LogP contribution in [0.2, 0.25) is 0 Å². The summed E-state index contributed by atoms with van der Waals surface area (Å²) in [5.74, 6) is 0.602. The number of hydrogen-bond donors (Lipinski definition) is 2. The summed E-state index contributed by atoms with van der Waals surface area (Å²) >= 11 is 0. The topological polar surface area (TPSA) is 108 Å². The number of nitrogens with one attached hydrogen (secondary N) is 1. The highest BCUT2D eigenvalue weighted by atomic mass is 16.5. The Morgan fingerprint density at radius 2 is 2.26 bits per heavy atom. The van der Waals surface area contributed by atoms with E-state index in [0.717, 1.165) is 0 Å². The van der Waals surface area contributed by atoms with Crippen LogP contribution in [0, 0.1) is 11.3 Å². The van der Waals surface area contributed by atoms with Crippen molar-refractivity contribution >= 4 is 11.8 Å². The van der Waals surface area contributed by atoms with Gasteiger partial charge >= 0.3 is 6.09 Å². The van der Waals surface area contributed by atoms with Gasteiger partial charge in [0.25, 0.3) is 0 Å². The number of ether oxygens (including phenoxy) is 1. The highest BCUT2D eigenvalue weighted by Gasteiger charge is 2.03. The lowest BCUT2D eigenvalue weighted by Gasteiger charge is -2.06. The highest BCUT2D eigenvalue weighted by molar-refractivity contribution is 5.83. The van der Waals surface area contributed by atoms with Crippen molar-refractivity contribution in [1.29, 1.82) is 5.26 Å². The molecule has 7 nitrogen and oxygen atoms in total. The number of anilines is 1. The molecule has 1 aromatic heterocycles. The van der Waals surface area contributed by atoms with Crippen LogP contribution in [0.3, 0.4) is 0 Å². The van der Waals surface area contributed by atoms with Gasteiger partial charge in [0.15, 0.2) is 0 Å². The molecule has 0 spiro atoms. The molecule has 0 unspecified atom stereocenters. The van der Waals surface area contributed by atoms with Gasteiger partial charge in [-0.05, 0) is 12.1 Å². The Balaban J connectivity index is 2.18. The van der Waals surface area contributed by atoms with Crippen molar-refractivity contribution in [2.75, 3.05) is 5.32 Å². The monoisotopic (exact) mass is 256 g/mol. The van der Waals surface area contributed by atoms with Crippen LogP contribution >= 0.6 is 0 Å². The van der Waals surface area contributed by atoms with E-state index < -0.39 is 6.09 Å². The molecule has 2 aromatic rings. The van der Waals surface area contributed by atoms with E-state index in [0.29, 0.717) is 11.4 Å². The van der Waals surface area contributed by atoms with Crippen LogP contribution in [-0.2, 0) is 0 Å². The van der Waals surface area contributed by atoms with Crippen LogP contribution in [0.25, 0.3) is 0 Å². The molecular formula is C12H8N4O3. The fraction of sp³-hybridized carbons (Fsp3) is 0. The van der Waals surface area contributed by atoms with Gasteiger partial charge in [-0.25, -0.2) is 9.78 Å². The maximum Gasteiger partial charge on any atom is 0.409 e. The third-order valence-corrected chi connectivity index (χ3v) is 2.04. The van der Waals surface area contributed by atoms with E-state index >= 15 is 0 Å². The minimum absolute atomic E-state index is 0.00249. The van der Waals surface area contributed by atoms with E-state index in [1.165, 1.54) is 18.3 Å². The van der Waals surface area contributed by atoms with Gasteiger partial charge in [0.1, 0.15) is 11.8 Å². The molecule has 0 aliphatic rings. The van der Waals surface area contributed by atoms with Crippen molar-refractivity contribution in [3.8, 4) is 17.7 Å². The summed E-state index contributed by atoms with van der Waals surface area (Å²) < 4.78 is 5.41. The maximum absolute atomic E-state index is 10.5. The van der Waals surface area contributed by atoms with Crippen molar-refractivity contribution in [3.05, 3.63) is 42.4 Å². The molecule has 0 atom stereocenters. The van der Waals surface area contributed by atoms with Crippen LogP contribution in [0.5, 0.6) is 11.6 Å². The molecule has 0 saturated carbocycles. The van der Waals surface area contributed by atoms with Crippen molar-refractivity contribution in [2.45, 2.75) is 0 Å². The fourth-order valence-corrected chi connectivity index (χ4v) is 1.33. The summed E-state index contributed by atoms with van der Waals surface area (Å²) in [5, 5.41) is 19.5. The van der Waals surface area contributed by atoms with Gasteiger partial charge in [0, 0.05) is 24.0 Å². The lowest BCUT2D eigenvalue weighted by molar-refractivity contribution is 0.210. The summed E-state index contributed by atoms with van der Waals surface area (Å²) in [4.78, 5) is 18.1. The van der Waals surface area contributed by atoms with Gasteiger partial charge in [0.2, 0.25) is 11.7 Å². The van der Waals surface area contributed by atoms with Crippen LogP contribution in [0.1, 0.15) is 5.82 Å². The van der Waals surface area contributed by atoms with Gasteiger partial charge in [-0.2, -0.15) is 10.2 Å². The van der Waals surface area contributed by atoms with E-state index in [4.69, 9.17) is 15.1 Å². The second kappa shape index (κ2) is 5.46. The third-order valence-electron chi connectivity index (χ3n) is 2.04. The Morgan fingerprint density at radius 1 is 1.42 bits per heavy atom. The normalized spacial score (nSPS) is 9.42. The number of carboxylic acid groups (broad SMARTS) is 1. The summed E-state index contributed by atoms with van der Waals surface area (Å²) in [6.07, 6.45) is 0.242. The Hall–Kier alpha value is -3.14. The average molecular weight is 256 g/mol. The van der Waals surface area contributed by atoms with Crippen LogP contribution in [-0.4, -0.2) is 21.2 Å². The molecule has 2 N–H and O–H groups in total. The van der Waals surface area contributed by atoms with E-state index in [-0.39, 0.29) is 11.7 Å². The Morgan fingerprint density at radius 3 is 3.00 bits per heavy atom. The molecule has 1 amide bonds. The molecule has 0 fully saturated rings. The smallest absolute Gasteiger partial charge is 0.409 e. The van der Waals surface area contributed by atoms with Crippen molar-refractivity contribution < 1.29 is 14.6 Å². The van der Waals surface area contributed by atoms with E-state index in [1.807, 2.05) is 0 Å². The van der Waals surface area contributed by atoms with Crippen LogP contribution in [0.4, 0.5) is 10.5 Å². The fourth-order valence-electron chi connectivity index (χ4n) is 1.33. The second-order valence-electron chi connectivity index (χ2n) is 3.39. The molecule has 0 saturated heterocycles. The first-order valence-corrected chi connectivity index (χ1v) is 5.18. The zero-order valence-corrected chi connectivity index (χ0v) is 9.57. The number of hydrogen-bond acceptors (Lipinski definition) is 5. The zero-order chi connectivity index (χ0) is 13.7. The maximum atomic E-state index is 10.5. The van der Waals surface area contributed by atoms with Crippen molar-refractivity contribution in [2.24, 2.45) is 0 Å².